The molecule has 0 aliphatic heterocycles. The van der Waals surface area contributed by atoms with Gasteiger partial charge in [-0.2, -0.15) is 0 Å². The van der Waals surface area contributed by atoms with Crippen LogP contribution in [0.25, 0.3) is 0 Å². The van der Waals surface area contributed by atoms with Crippen molar-refractivity contribution in [1.82, 2.24) is 19.5 Å². The van der Waals surface area contributed by atoms with Crippen LogP contribution in [0.5, 0.6) is 11.8 Å². The van der Waals surface area contributed by atoms with Gasteiger partial charge in [0.2, 0.25) is 10.0 Å². The number of nitrogens with zero attached hydrogens (tertiary/aromatic N) is 4. The number of rotatable bonds is 10. The third-order valence-corrected chi connectivity index (χ3v) is 7.70. The summed E-state index contributed by atoms with van der Waals surface area (Å²) in [6, 6.07) is 12.2. The van der Waals surface area contributed by atoms with Gasteiger partial charge in [-0.1, -0.05) is 34.4 Å². The van der Waals surface area contributed by atoms with E-state index < -0.39 is 16.1 Å². The standard InChI is InChI=1S/C24H31Cl2N5O3S/c1-7-30-23(17(6)29-35(32,33)20-11-12-21(25)22(26)14-20)27-28-24(30)34-19-10-8-9-18(13-19)31(15(2)3)16(4)5/h8-17,29H,7H2,1-6H3/t17-/m1/s1. The summed E-state index contributed by atoms with van der Waals surface area (Å²) in [6.45, 7) is 12.7. The van der Waals surface area contributed by atoms with E-state index in [1.54, 1.807) is 11.5 Å². The zero-order valence-electron chi connectivity index (χ0n) is 20.7. The SMILES string of the molecule is CCn1c(Oc2cccc(N(C(C)C)C(C)C)c2)nnc1[C@@H](C)NS(=O)(=O)c1ccc(Cl)c(Cl)c1. The molecule has 190 valence electrons. The number of aromatic nitrogens is 3. The third-order valence-electron chi connectivity index (χ3n) is 5.42. The average molecular weight is 541 g/mol. The molecule has 1 heterocycles. The highest BCUT2D eigenvalue weighted by molar-refractivity contribution is 7.89. The molecule has 0 spiro atoms. The van der Waals surface area contributed by atoms with Crippen LogP contribution >= 0.6 is 23.2 Å². The smallest absolute Gasteiger partial charge is 0.322 e. The Bertz CT molecular complexity index is 1270. The van der Waals surface area contributed by atoms with Crippen molar-refractivity contribution in [3.05, 3.63) is 58.3 Å². The Morgan fingerprint density at radius 2 is 1.69 bits per heavy atom. The number of benzene rings is 2. The van der Waals surface area contributed by atoms with Crippen LogP contribution in [-0.2, 0) is 16.6 Å². The maximum atomic E-state index is 12.9. The number of hydrogen-bond acceptors (Lipinski definition) is 6. The van der Waals surface area contributed by atoms with Crippen LogP contribution < -0.4 is 14.4 Å². The molecule has 3 rings (SSSR count). The lowest BCUT2D eigenvalue weighted by atomic mass is 10.2. The topological polar surface area (TPSA) is 89.3 Å². The first-order valence-electron chi connectivity index (χ1n) is 11.4. The summed E-state index contributed by atoms with van der Waals surface area (Å²) >= 11 is 11.9. The molecule has 3 aromatic rings. The van der Waals surface area contributed by atoms with Crippen LogP contribution in [0, 0.1) is 0 Å². The lowest BCUT2D eigenvalue weighted by molar-refractivity contribution is 0.407. The Morgan fingerprint density at radius 3 is 2.29 bits per heavy atom. The molecular weight excluding hydrogens is 509 g/mol. The van der Waals surface area contributed by atoms with E-state index in [-0.39, 0.29) is 21.0 Å². The van der Waals surface area contributed by atoms with Gasteiger partial charge in [0.15, 0.2) is 5.82 Å². The highest BCUT2D eigenvalue weighted by Gasteiger charge is 2.25. The van der Waals surface area contributed by atoms with Crippen LogP contribution in [0.1, 0.15) is 53.4 Å². The number of nitrogens with one attached hydrogen (secondary N) is 1. The van der Waals surface area contributed by atoms with Gasteiger partial charge < -0.3 is 9.64 Å². The van der Waals surface area contributed by atoms with E-state index in [1.807, 2.05) is 31.2 Å². The fourth-order valence-electron chi connectivity index (χ4n) is 4.00. The summed E-state index contributed by atoms with van der Waals surface area (Å²) in [5, 5.41) is 8.83. The van der Waals surface area contributed by atoms with E-state index in [2.05, 4.69) is 47.5 Å². The molecule has 1 aromatic heterocycles. The van der Waals surface area contributed by atoms with Gasteiger partial charge in [-0.15, -0.1) is 5.10 Å². The summed E-state index contributed by atoms with van der Waals surface area (Å²) in [6.07, 6.45) is 0. The number of sulfonamides is 1. The minimum atomic E-state index is -3.87. The molecule has 35 heavy (non-hydrogen) atoms. The largest absolute Gasteiger partial charge is 0.424 e. The summed E-state index contributed by atoms with van der Waals surface area (Å²) in [5.41, 5.74) is 1.04. The van der Waals surface area contributed by atoms with Gasteiger partial charge in [-0.05, 0) is 71.9 Å². The zero-order valence-corrected chi connectivity index (χ0v) is 23.0. The number of ether oxygens (including phenoxy) is 1. The van der Waals surface area contributed by atoms with E-state index >= 15 is 0 Å². The van der Waals surface area contributed by atoms with Crippen LogP contribution in [0.15, 0.2) is 47.4 Å². The van der Waals surface area contributed by atoms with Crippen molar-refractivity contribution in [2.75, 3.05) is 4.90 Å². The molecule has 1 atom stereocenters. The Kier molecular flexibility index (Phi) is 8.69. The van der Waals surface area contributed by atoms with Crippen molar-refractivity contribution in [2.24, 2.45) is 0 Å². The van der Waals surface area contributed by atoms with E-state index in [1.165, 1.54) is 18.2 Å². The van der Waals surface area contributed by atoms with Crippen LogP contribution in [0.2, 0.25) is 10.0 Å². The van der Waals surface area contributed by atoms with E-state index in [0.717, 1.165) is 5.69 Å². The predicted octanol–water partition coefficient (Wildman–Crippen LogP) is 6.06. The number of hydrogen-bond donors (Lipinski definition) is 1. The summed E-state index contributed by atoms with van der Waals surface area (Å²) in [5.74, 6) is 1.04. The minimum Gasteiger partial charge on any atom is -0.424 e. The lowest BCUT2D eigenvalue weighted by Crippen LogP contribution is -2.36. The van der Waals surface area contributed by atoms with Crippen molar-refractivity contribution in [3.63, 3.8) is 0 Å². The molecule has 0 saturated heterocycles. The molecular formula is C24H31Cl2N5O3S. The molecule has 8 nitrogen and oxygen atoms in total. The fraction of sp³-hybridized carbons (Fsp3) is 0.417. The molecule has 0 saturated carbocycles. The Hall–Kier alpha value is -2.33. The minimum absolute atomic E-state index is 0.00876. The fourth-order valence-corrected chi connectivity index (χ4v) is 5.59. The van der Waals surface area contributed by atoms with Gasteiger partial charge in [0.25, 0.3) is 0 Å². The first-order valence-corrected chi connectivity index (χ1v) is 13.6. The first kappa shape index (κ1) is 27.3. The Labute approximate surface area is 217 Å². The number of anilines is 1. The van der Waals surface area contributed by atoms with Gasteiger partial charge in [0, 0.05) is 30.4 Å². The first-order chi connectivity index (χ1) is 16.4. The second-order valence-electron chi connectivity index (χ2n) is 8.70. The van der Waals surface area contributed by atoms with Crippen LogP contribution in [0.3, 0.4) is 0 Å². The molecule has 11 heteroatoms. The van der Waals surface area contributed by atoms with E-state index in [0.29, 0.717) is 30.2 Å². The summed E-state index contributed by atoms with van der Waals surface area (Å²) < 4.78 is 36.2. The van der Waals surface area contributed by atoms with Gasteiger partial charge >= 0.3 is 6.01 Å². The van der Waals surface area contributed by atoms with Gasteiger partial charge in [0.05, 0.1) is 21.0 Å². The molecule has 2 aromatic carbocycles. The quantitative estimate of drug-likeness (QED) is 0.336. The highest BCUT2D eigenvalue weighted by Crippen LogP contribution is 2.29. The van der Waals surface area contributed by atoms with Crippen molar-refractivity contribution in [3.8, 4) is 11.8 Å². The summed E-state index contributed by atoms with van der Waals surface area (Å²) in [4.78, 5) is 2.30. The summed E-state index contributed by atoms with van der Waals surface area (Å²) in [7, 11) is -3.87. The highest BCUT2D eigenvalue weighted by atomic mass is 35.5. The number of halogens is 2. The van der Waals surface area contributed by atoms with Crippen LogP contribution in [0.4, 0.5) is 5.69 Å². The molecule has 0 fully saturated rings. The normalized spacial score (nSPS) is 12.9. The predicted molar refractivity (Wildman–Crippen MR) is 140 cm³/mol. The van der Waals surface area contributed by atoms with Gasteiger partial charge in [-0.25, -0.2) is 13.1 Å². The van der Waals surface area contributed by atoms with Crippen LogP contribution in [-0.4, -0.2) is 35.3 Å². The molecule has 0 unspecified atom stereocenters. The molecule has 0 bridgehead atoms. The maximum Gasteiger partial charge on any atom is 0.322 e. The molecule has 1 N–H and O–H groups in total. The van der Waals surface area contributed by atoms with Crippen molar-refractivity contribution >= 4 is 38.9 Å². The van der Waals surface area contributed by atoms with Crippen molar-refractivity contribution in [1.29, 1.82) is 0 Å². The van der Waals surface area contributed by atoms with Gasteiger partial charge in [-0.3, -0.25) is 4.57 Å². The Morgan fingerprint density at radius 1 is 1.00 bits per heavy atom. The maximum absolute atomic E-state index is 12.9. The van der Waals surface area contributed by atoms with E-state index in [4.69, 9.17) is 27.9 Å². The van der Waals surface area contributed by atoms with Crippen molar-refractivity contribution < 1.29 is 13.2 Å². The zero-order chi connectivity index (χ0) is 25.9. The molecule has 0 radical (unpaired) electrons. The van der Waals surface area contributed by atoms with E-state index in [9.17, 15) is 8.42 Å². The molecule has 0 amide bonds. The second-order valence-corrected chi connectivity index (χ2v) is 11.2. The molecule has 0 aliphatic carbocycles. The monoisotopic (exact) mass is 539 g/mol. The van der Waals surface area contributed by atoms with Gasteiger partial charge in [0.1, 0.15) is 5.75 Å². The average Bonchev–Trinajstić information content (AvgIpc) is 3.17. The Balaban J connectivity index is 1.84. The third kappa shape index (κ3) is 6.27. The molecule has 0 aliphatic rings. The lowest BCUT2D eigenvalue weighted by Gasteiger charge is -2.33. The van der Waals surface area contributed by atoms with Crippen molar-refractivity contribution in [2.45, 2.75) is 71.1 Å². The second kappa shape index (κ2) is 11.2.